The first-order valence-electron chi connectivity index (χ1n) is 7.60. The molecule has 0 radical (unpaired) electrons. The van der Waals surface area contributed by atoms with Gasteiger partial charge in [-0.3, -0.25) is 0 Å². The Bertz CT molecular complexity index is 849. The van der Waals surface area contributed by atoms with Gasteiger partial charge in [0.05, 0.1) is 11.5 Å². The van der Waals surface area contributed by atoms with Crippen LogP contribution in [0.25, 0.3) is 0 Å². The van der Waals surface area contributed by atoms with E-state index in [9.17, 15) is 8.42 Å². The molecule has 1 saturated heterocycles. The minimum Gasteiger partial charge on any atom is -0.302 e. The molecule has 0 spiro atoms. The van der Waals surface area contributed by atoms with E-state index in [4.69, 9.17) is 11.6 Å². The third-order valence-electron chi connectivity index (χ3n) is 3.91. The van der Waals surface area contributed by atoms with Crippen molar-refractivity contribution < 1.29 is 8.42 Å². The van der Waals surface area contributed by atoms with Gasteiger partial charge in [0.15, 0.2) is 15.0 Å². The number of halogens is 1. The van der Waals surface area contributed by atoms with Crippen molar-refractivity contribution >= 4 is 33.2 Å². The number of thioether (sulfide) groups is 1. The lowest BCUT2D eigenvalue weighted by molar-refractivity contribution is 0.597. The van der Waals surface area contributed by atoms with Crippen LogP contribution in [0.5, 0.6) is 0 Å². The Morgan fingerprint density at radius 2 is 2.25 bits per heavy atom. The van der Waals surface area contributed by atoms with Gasteiger partial charge < -0.3 is 4.57 Å². The first-order chi connectivity index (χ1) is 11.5. The molecule has 1 aromatic heterocycles. The van der Waals surface area contributed by atoms with Gasteiger partial charge in [0.2, 0.25) is 0 Å². The first kappa shape index (κ1) is 17.5. The van der Waals surface area contributed by atoms with E-state index in [0.29, 0.717) is 18.0 Å². The lowest BCUT2D eigenvalue weighted by Gasteiger charge is -2.11. The standard InChI is InChI=1S/C16H18ClN3O2S2/c1-2-7-20-15(13-6-8-24(21,22)11-13)18-19-16(20)23-10-12-4-3-5-14(17)9-12/h2-5,9,13H,1,6-8,10-11H2. The summed E-state index contributed by atoms with van der Waals surface area (Å²) in [4.78, 5) is 0. The van der Waals surface area contributed by atoms with Crippen LogP contribution in [-0.4, -0.2) is 34.7 Å². The van der Waals surface area contributed by atoms with Crippen LogP contribution in [0.4, 0.5) is 0 Å². The molecular formula is C16H18ClN3O2S2. The molecule has 2 aromatic rings. The van der Waals surface area contributed by atoms with E-state index in [2.05, 4.69) is 16.8 Å². The molecule has 24 heavy (non-hydrogen) atoms. The molecule has 1 atom stereocenters. The van der Waals surface area contributed by atoms with Gasteiger partial charge in [-0.1, -0.05) is 41.6 Å². The van der Waals surface area contributed by atoms with E-state index in [1.54, 1.807) is 17.8 Å². The smallest absolute Gasteiger partial charge is 0.191 e. The quantitative estimate of drug-likeness (QED) is 0.565. The highest BCUT2D eigenvalue weighted by atomic mass is 35.5. The zero-order valence-corrected chi connectivity index (χ0v) is 15.4. The van der Waals surface area contributed by atoms with Crippen LogP contribution in [0.15, 0.2) is 42.1 Å². The Labute approximate surface area is 151 Å². The van der Waals surface area contributed by atoms with E-state index < -0.39 is 9.84 Å². The Balaban J connectivity index is 1.79. The third kappa shape index (κ3) is 4.02. The average molecular weight is 384 g/mol. The van der Waals surface area contributed by atoms with Crippen LogP contribution in [0.2, 0.25) is 5.02 Å². The van der Waals surface area contributed by atoms with Crippen molar-refractivity contribution in [2.24, 2.45) is 0 Å². The molecule has 1 aliphatic rings. The number of aromatic nitrogens is 3. The van der Waals surface area contributed by atoms with Gasteiger partial charge >= 0.3 is 0 Å². The van der Waals surface area contributed by atoms with E-state index >= 15 is 0 Å². The van der Waals surface area contributed by atoms with E-state index in [1.807, 2.05) is 28.8 Å². The van der Waals surface area contributed by atoms with Crippen molar-refractivity contribution in [3.63, 3.8) is 0 Å². The summed E-state index contributed by atoms with van der Waals surface area (Å²) in [6.45, 7) is 4.35. The number of rotatable bonds is 6. The van der Waals surface area contributed by atoms with Gasteiger partial charge in [-0.2, -0.15) is 0 Å². The van der Waals surface area contributed by atoms with Gasteiger partial charge in [-0.25, -0.2) is 8.42 Å². The molecule has 1 aliphatic heterocycles. The fraction of sp³-hybridized carbons (Fsp3) is 0.375. The van der Waals surface area contributed by atoms with Crippen LogP contribution in [-0.2, 0) is 22.1 Å². The van der Waals surface area contributed by atoms with Crippen molar-refractivity contribution in [2.45, 2.75) is 29.8 Å². The molecule has 1 aromatic carbocycles. The fourth-order valence-corrected chi connectivity index (χ4v) is 5.63. The first-order valence-corrected chi connectivity index (χ1v) is 10.8. The number of hydrogen-bond donors (Lipinski definition) is 0. The van der Waals surface area contributed by atoms with Crippen LogP contribution in [0.1, 0.15) is 23.7 Å². The maximum absolute atomic E-state index is 11.7. The predicted octanol–water partition coefficient (Wildman–Crippen LogP) is 3.31. The van der Waals surface area contributed by atoms with Gasteiger partial charge in [0.1, 0.15) is 5.82 Å². The lowest BCUT2D eigenvalue weighted by Crippen LogP contribution is -2.11. The Morgan fingerprint density at radius 1 is 1.42 bits per heavy atom. The topological polar surface area (TPSA) is 64.8 Å². The summed E-state index contributed by atoms with van der Waals surface area (Å²) in [6, 6.07) is 7.70. The largest absolute Gasteiger partial charge is 0.302 e. The Hall–Kier alpha value is -1.31. The second-order valence-electron chi connectivity index (χ2n) is 5.76. The summed E-state index contributed by atoms with van der Waals surface area (Å²) in [5, 5.41) is 10.0. The second kappa shape index (κ2) is 7.29. The zero-order valence-electron chi connectivity index (χ0n) is 13.1. The normalized spacial score (nSPS) is 19.5. The highest BCUT2D eigenvalue weighted by Gasteiger charge is 2.33. The molecule has 5 nitrogen and oxygen atoms in total. The summed E-state index contributed by atoms with van der Waals surface area (Å²) >= 11 is 7.57. The summed E-state index contributed by atoms with van der Waals surface area (Å²) in [5.41, 5.74) is 1.10. The summed E-state index contributed by atoms with van der Waals surface area (Å²) in [6.07, 6.45) is 2.39. The van der Waals surface area contributed by atoms with E-state index in [1.165, 1.54) is 0 Å². The molecule has 3 rings (SSSR count). The molecule has 0 saturated carbocycles. The molecule has 1 unspecified atom stereocenters. The minimum absolute atomic E-state index is 0.0806. The summed E-state index contributed by atoms with van der Waals surface area (Å²) in [5.74, 6) is 1.76. The average Bonchev–Trinajstić information content (AvgIpc) is 3.09. The number of allylic oxidation sites excluding steroid dienone is 1. The van der Waals surface area contributed by atoms with Gasteiger partial charge in [0, 0.05) is 23.2 Å². The monoisotopic (exact) mass is 383 g/mol. The van der Waals surface area contributed by atoms with Crippen molar-refractivity contribution in [3.05, 3.63) is 53.3 Å². The molecule has 0 amide bonds. The maximum atomic E-state index is 11.7. The number of hydrogen-bond acceptors (Lipinski definition) is 5. The highest BCUT2D eigenvalue weighted by Crippen LogP contribution is 2.31. The summed E-state index contributed by atoms with van der Waals surface area (Å²) < 4.78 is 25.4. The van der Waals surface area contributed by atoms with Crippen molar-refractivity contribution in [2.75, 3.05) is 11.5 Å². The van der Waals surface area contributed by atoms with Crippen LogP contribution < -0.4 is 0 Å². The summed E-state index contributed by atoms with van der Waals surface area (Å²) in [7, 11) is -2.95. The molecule has 0 aliphatic carbocycles. The minimum atomic E-state index is -2.95. The van der Waals surface area contributed by atoms with E-state index in [0.717, 1.165) is 22.3 Å². The van der Waals surface area contributed by atoms with Crippen LogP contribution >= 0.6 is 23.4 Å². The lowest BCUT2D eigenvalue weighted by atomic mass is 10.1. The fourth-order valence-electron chi connectivity index (χ4n) is 2.78. The van der Waals surface area contributed by atoms with E-state index in [-0.39, 0.29) is 17.4 Å². The van der Waals surface area contributed by atoms with Gasteiger partial charge in [0.25, 0.3) is 0 Å². The molecule has 128 valence electrons. The second-order valence-corrected chi connectivity index (χ2v) is 9.37. The van der Waals surface area contributed by atoms with Crippen LogP contribution in [0.3, 0.4) is 0 Å². The third-order valence-corrected chi connectivity index (χ3v) is 6.95. The number of nitrogens with zero attached hydrogens (tertiary/aromatic N) is 3. The SMILES string of the molecule is C=CCn1c(SCc2cccc(Cl)c2)nnc1C1CCS(=O)(=O)C1. The molecule has 2 heterocycles. The molecule has 0 N–H and O–H groups in total. The predicted molar refractivity (Wildman–Crippen MR) is 97.2 cm³/mol. The zero-order chi connectivity index (χ0) is 17.2. The molecular weight excluding hydrogens is 366 g/mol. The Morgan fingerprint density at radius 3 is 2.92 bits per heavy atom. The van der Waals surface area contributed by atoms with Crippen molar-refractivity contribution in [3.8, 4) is 0 Å². The van der Waals surface area contributed by atoms with Crippen molar-refractivity contribution in [1.29, 1.82) is 0 Å². The number of sulfone groups is 1. The van der Waals surface area contributed by atoms with Crippen molar-refractivity contribution in [1.82, 2.24) is 14.8 Å². The van der Waals surface area contributed by atoms with Crippen LogP contribution in [0, 0.1) is 0 Å². The number of benzene rings is 1. The molecule has 1 fully saturated rings. The maximum Gasteiger partial charge on any atom is 0.191 e. The highest BCUT2D eigenvalue weighted by molar-refractivity contribution is 7.98. The molecule has 0 bridgehead atoms. The molecule has 8 heteroatoms. The Kier molecular flexibility index (Phi) is 5.32. The van der Waals surface area contributed by atoms with Gasteiger partial charge in [-0.05, 0) is 24.1 Å². The van der Waals surface area contributed by atoms with Gasteiger partial charge in [-0.15, -0.1) is 16.8 Å².